The Morgan fingerprint density at radius 3 is 2.20 bits per heavy atom. The minimum Gasteiger partial charge on any atom is -0.398 e. The molecule has 1 heteroatoms. The van der Waals surface area contributed by atoms with Gasteiger partial charge in [0.2, 0.25) is 0 Å². The van der Waals surface area contributed by atoms with Crippen LogP contribution in [0.15, 0.2) is 72.8 Å². The van der Waals surface area contributed by atoms with Crippen molar-refractivity contribution in [3.05, 3.63) is 106 Å². The molecular weight excluding hydrogens is 302 g/mol. The van der Waals surface area contributed by atoms with Gasteiger partial charge in [-0.2, -0.15) is 0 Å². The van der Waals surface area contributed by atoms with Crippen LogP contribution in [0, 0.1) is 20.8 Å². The van der Waals surface area contributed by atoms with Crippen LogP contribution >= 0.6 is 0 Å². The number of nitrogens with two attached hydrogens (primary N) is 1. The van der Waals surface area contributed by atoms with Gasteiger partial charge in [-0.3, -0.25) is 0 Å². The maximum absolute atomic E-state index is 6.32. The SMILES string of the molecule is Cc1cccc(C/C=C(\c2cccc(C)c2)c2cc(C)ccc2N)c1. The summed E-state index contributed by atoms with van der Waals surface area (Å²) in [7, 11) is 0. The highest BCUT2D eigenvalue weighted by Crippen LogP contribution is 2.30. The normalized spacial score (nSPS) is 11.6. The lowest BCUT2D eigenvalue weighted by Gasteiger charge is -2.13. The van der Waals surface area contributed by atoms with E-state index in [2.05, 4.69) is 87.5 Å². The molecule has 0 saturated heterocycles. The van der Waals surface area contributed by atoms with E-state index in [0.717, 1.165) is 17.7 Å². The topological polar surface area (TPSA) is 26.0 Å². The average Bonchev–Trinajstić information content (AvgIpc) is 2.58. The van der Waals surface area contributed by atoms with Crippen molar-refractivity contribution in [3.63, 3.8) is 0 Å². The monoisotopic (exact) mass is 327 g/mol. The summed E-state index contributed by atoms with van der Waals surface area (Å²) in [5.74, 6) is 0. The highest BCUT2D eigenvalue weighted by Gasteiger charge is 2.09. The molecular formula is C24H25N. The lowest BCUT2D eigenvalue weighted by molar-refractivity contribution is 1.25. The van der Waals surface area contributed by atoms with Gasteiger partial charge >= 0.3 is 0 Å². The summed E-state index contributed by atoms with van der Waals surface area (Å²) in [4.78, 5) is 0. The van der Waals surface area contributed by atoms with Crippen LogP contribution in [0.25, 0.3) is 5.57 Å². The first-order valence-corrected chi connectivity index (χ1v) is 8.72. The van der Waals surface area contributed by atoms with Gasteiger partial charge < -0.3 is 5.73 Å². The third-order valence-electron chi connectivity index (χ3n) is 4.45. The zero-order valence-electron chi connectivity index (χ0n) is 15.2. The molecule has 126 valence electrons. The Bertz CT molecular complexity index is 919. The second kappa shape index (κ2) is 7.40. The molecule has 0 amide bonds. The number of benzene rings is 3. The summed E-state index contributed by atoms with van der Waals surface area (Å²) in [6.07, 6.45) is 3.19. The molecule has 0 saturated carbocycles. The minimum absolute atomic E-state index is 0.822. The highest BCUT2D eigenvalue weighted by atomic mass is 14.6. The minimum atomic E-state index is 0.822. The van der Waals surface area contributed by atoms with Crippen molar-refractivity contribution in [2.45, 2.75) is 27.2 Å². The standard InChI is InChI=1S/C24H25N/c1-17-6-4-8-20(14-17)11-12-22(21-9-5-7-18(2)15-21)23-16-19(3)10-13-24(23)25/h4-10,12-16H,11,25H2,1-3H3/b22-12+. The summed E-state index contributed by atoms with van der Waals surface area (Å²) < 4.78 is 0. The van der Waals surface area contributed by atoms with Crippen molar-refractivity contribution in [1.82, 2.24) is 0 Å². The molecule has 25 heavy (non-hydrogen) atoms. The number of rotatable bonds is 4. The zero-order valence-corrected chi connectivity index (χ0v) is 15.2. The molecule has 3 rings (SSSR count). The Balaban J connectivity index is 2.08. The Hall–Kier alpha value is -2.80. The molecule has 0 radical (unpaired) electrons. The Kier molecular flexibility index (Phi) is 5.04. The van der Waals surface area contributed by atoms with Gasteiger partial charge in [0.05, 0.1) is 0 Å². The molecule has 0 bridgehead atoms. The third-order valence-corrected chi connectivity index (χ3v) is 4.45. The average molecular weight is 327 g/mol. The van der Waals surface area contributed by atoms with Crippen molar-refractivity contribution >= 4 is 11.3 Å². The van der Waals surface area contributed by atoms with E-state index >= 15 is 0 Å². The quantitative estimate of drug-likeness (QED) is 0.596. The van der Waals surface area contributed by atoms with E-state index in [-0.39, 0.29) is 0 Å². The first-order chi connectivity index (χ1) is 12.0. The Morgan fingerprint density at radius 2 is 1.48 bits per heavy atom. The van der Waals surface area contributed by atoms with E-state index in [1.807, 2.05) is 6.07 Å². The van der Waals surface area contributed by atoms with E-state index in [1.165, 1.54) is 33.4 Å². The van der Waals surface area contributed by atoms with Gasteiger partial charge in [0, 0.05) is 11.3 Å². The lowest BCUT2D eigenvalue weighted by Crippen LogP contribution is -1.97. The molecule has 0 aliphatic rings. The first-order valence-electron chi connectivity index (χ1n) is 8.72. The van der Waals surface area contributed by atoms with Crippen molar-refractivity contribution in [1.29, 1.82) is 0 Å². The number of nitrogen functional groups attached to an aromatic ring is 1. The Morgan fingerprint density at radius 1 is 0.800 bits per heavy atom. The number of anilines is 1. The van der Waals surface area contributed by atoms with Crippen molar-refractivity contribution in [3.8, 4) is 0 Å². The van der Waals surface area contributed by atoms with Crippen molar-refractivity contribution in [2.24, 2.45) is 0 Å². The highest BCUT2D eigenvalue weighted by molar-refractivity contribution is 5.86. The second-order valence-corrected chi connectivity index (χ2v) is 6.77. The van der Waals surface area contributed by atoms with Gasteiger partial charge in [-0.15, -0.1) is 0 Å². The molecule has 3 aromatic rings. The predicted molar refractivity (Wildman–Crippen MR) is 109 cm³/mol. The molecule has 0 fully saturated rings. The summed E-state index contributed by atoms with van der Waals surface area (Å²) in [5, 5.41) is 0. The summed E-state index contributed by atoms with van der Waals surface area (Å²) >= 11 is 0. The van der Waals surface area contributed by atoms with E-state index in [4.69, 9.17) is 5.73 Å². The van der Waals surface area contributed by atoms with Gasteiger partial charge in [-0.1, -0.05) is 77.4 Å². The van der Waals surface area contributed by atoms with Crippen LogP contribution in [-0.2, 0) is 6.42 Å². The van der Waals surface area contributed by atoms with Crippen LogP contribution in [0.4, 0.5) is 5.69 Å². The zero-order chi connectivity index (χ0) is 17.8. The molecule has 0 unspecified atom stereocenters. The molecule has 3 aromatic carbocycles. The van der Waals surface area contributed by atoms with E-state index < -0.39 is 0 Å². The summed E-state index contributed by atoms with van der Waals surface area (Å²) in [6, 6.07) is 23.5. The fourth-order valence-corrected chi connectivity index (χ4v) is 3.16. The summed E-state index contributed by atoms with van der Waals surface area (Å²) in [6.45, 7) is 6.37. The number of aryl methyl sites for hydroxylation is 3. The molecule has 0 aromatic heterocycles. The van der Waals surface area contributed by atoms with Crippen LogP contribution in [0.3, 0.4) is 0 Å². The third kappa shape index (κ3) is 4.19. The lowest BCUT2D eigenvalue weighted by atomic mass is 9.92. The molecule has 2 N–H and O–H groups in total. The maximum Gasteiger partial charge on any atom is 0.0394 e. The van der Waals surface area contributed by atoms with Crippen molar-refractivity contribution < 1.29 is 0 Å². The molecule has 0 spiro atoms. The molecule has 0 aliphatic carbocycles. The number of hydrogen-bond acceptors (Lipinski definition) is 1. The number of hydrogen-bond donors (Lipinski definition) is 1. The van der Waals surface area contributed by atoms with Crippen LogP contribution in [0.2, 0.25) is 0 Å². The van der Waals surface area contributed by atoms with E-state index in [0.29, 0.717) is 0 Å². The first kappa shape index (κ1) is 17.0. The van der Waals surface area contributed by atoms with Crippen LogP contribution in [-0.4, -0.2) is 0 Å². The summed E-state index contributed by atoms with van der Waals surface area (Å²) in [5.41, 5.74) is 15.7. The van der Waals surface area contributed by atoms with Crippen LogP contribution in [0.5, 0.6) is 0 Å². The number of allylic oxidation sites excluding steroid dienone is 1. The van der Waals surface area contributed by atoms with Gasteiger partial charge in [0.1, 0.15) is 0 Å². The van der Waals surface area contributed by atoms with Gasteiger partial charge in [-0.25, -0.2) is 0 Å². The molecule has 0 aliphatic heterocycles. The van der Waals surface area contributed by atoms with Gasteiger partial charge in [0.25, 0.3) is 0 Å². The largest absolute Gasteiger partial charge is 0.398 e. The van der Waals surface area contributed by atoms with Crippen molar-refractivity contribution in [2.75, 3.05) is 5.73 Å². The molecule has 0 atom stereocenters. The predicted octanol–water partition coefficient (Wildman–Crippen LogP) is 5.87. The Labute approximate surface area is 150 Å². The van der Waals surface area contributed by atoms with E-state index in [1.54, 1.807) is 0 Å². The van der Waals surface area contributed by atoms with Gasteiger partial charge in [0.15, 0.2) is 0 Å². The van der Waals surface area contributed by atoms with E-state index in [9.17, 15) is 0 Å². The van der Waals surface area contributed by atoms with Gasteiger partial charge in [-0.05, 0) is 56.0 Å². The maximum atomic E-state index is 6.32. The fraction of sp³-hybridized carbons (Fsp3) is 0.167. The van der Waals surface area contributed by atoms with Crippen LogP contribution in [0.1, 0.15) is 33.4 Å². The second-order valence-electron chi connectivity index (χ2n) is 6.77. The smallest absolute Gasteiger partial charge is 0.0394 e. The molecule has 0 heterocycles. The fourth-order valence-electron chi connectivity index (χ4n) is 3.16. The van der Waals surface area contributed by atoms with Crippen LogP contribution < -0.4 is 5.73 Å². The molecule has 1 nitrogen and oxygen atoms in total.